The number of ether oxygens (including phenoxy) is 1. The van der Waals surface area contributed by atoms with Crippen LogP contribution in [0.4, 0.5) is 0 Å². The Morgan fingerprint density at radius 3 is 2.74 bits per heavy atom. The highest BCUT2D eigenvalue weighted by molar-refractivity contribution is 8.13. The molecule has 11 heteroatoms. The first kappa shape index (κ1) is 26.5. The first-order valence-corrected chi connectivity index (χ1v) is 11.3. The number of cyclic esters (lactones) is 1. The number of fused-ring (bicyclic) bond motifs is 2. The van der Waals surface area contributed by atoms with Crippen LogP contribution in [0.5, 0.6) is 0 Å². The van der Waals surface area contributed by atoms with E-state index in [4.69, 9.17) is 4.74 Å². The molecule has 0 unspecified atom stereocenters. The molecule has 0 aromatic carbocycles. The van der Waals surface area contributed by atoms with Crippen molar-refractivity contribution in [2.45, 2.75) is 38.5 Å². The van der Waals surface area contributed by atoms with Crippen molar-refractivity contribution < 1.29 is 28.7 Å². The Kier molecular flexibility index (Phi) is 10.2. The zero-order valence-electron chi connectivity index (χ0n) is 18.7. The van der Waals surface area contributed by atoms with E-state index in [1.54, 1.807) is 24.3 Å². The summed E-state index contributed by atoms with van der Waals surface area (Å²) in [7, 11) is 0. The molecule has 3 amide bonds. The van der Waals surface area contributed by atoms with Crippen LogP contribution >= 0.6 is 11.8 Å². The number of pyridine rings is 1. The smallest absolute Gasteiger partial charge is 0.333 e. The Balaban J connectivity index is 2.25. The molecule has 0 aliphatic carbocycles. The largest absolute Gasteiger partial charge is 0.456 e. The summed E-state index contributed by atoms with van der Waals surface area (Å²) in [6.07, 6.45) is 3.84. The van der Waals surface area contributed by atoms with E-state index >= 15 is 0 Å². The molecule has 180 valence electrons. The van der Waals surface area contributed by atoms with Crippen molar-refractivity contribution in [1.82, 2.24) is 20.9 Å². The number of amides is 3. The predicted octanol–water partition coefficient (Wildman–Crippen LogP) is 1.15. The van der Waals surface area contributed by atoms with Gasteiger partial charge in [-0.1, -0.05) is 36.6 Å². The molecule has 0 saturated heterocycles. The summed E-state index contributed by atoms with van der Waals surface area (Å²) < 4.78 is 5.42. The molecule has 2 heterocycles. The number of carbonyl (C=O) groups is 5. The molecule has 34 heavy (non-hydrogen) atoms. The maximum absolute atomic E-state index is 12.6. The Morgan fingerprint density at radius 2 is 2.03 bits per heavy atom. The van der Waals surface area contributed by atoms with Crippen molar-refractivity contribution >= 4 is 40.6 Å². The Bertz CT molecular complexity index is 1020. The van der Waals surface area contributed by atoms with Gasteiger partial charge in [0.15, 0.2) is 5.12 Å². The Labute approximate surface area is 201 Å². The Hall–Kier alpha value is -3.73. The number of esters is 1. The lowest BCUT2D eigenvalue weighted by atomic mass is 10.2. The highest BCUT2D eigenvalue weighted by Gasteiger charge is 2.25. The van der Waals surface area contributed by atoms with Crippen molar-refractivity contribution in [3.63, 3.8) is 0 Å². The monoisotopic (exact) mass is 486 g/mol. The molecule has 2 rings (SSSR count). The van der Waals surface area contributed by atoms with Gasteiger partial charge in [-0.3, -0.25) is 19.2 Å². The minimum atomic E-state index is -1.25. The van der Waals surface area contributed by atoms with Crippen LogP contribution in [0.3, 0.4) is 0 Å². The van der Waals surface area contributed by atoms with Crippen LogP contribution in [0, 0.1) is 0 Å². The molecule has 0 saturated carbocycles. The van der Waals surface area contributed by atoms with Gasteiger partial charge >= 0.3 is 5.97 Å². The maximum atomic E-state index is 12.6. The second-order valence-electron chi connectivity index (χ2n) is 7.15. The van der Waals surface area contributed by atoms with E-state index in [1.807, 2.05) is 0 Å². The fourth-order valence-corrected chi connectivity index (χ4v) is 3.28. The van der Waals surface area contributed by atoms with Crippen molar-refractivity contribution in [3.8, 4) is 0 Å². The number of rotatable bonds is 5. The van der Waals surface area contributed by atoms with Crippen molar-refractivity contribution in [2.24, 2.45) is 0 Å². The van der Waals surface area contributed by atoms with Gasteiger partial charge in [-0.15, -0.1) is 6.58 Å². The molecule has 3 N–H and O–H groups in total. The number of aromatic nitrogens is 1. The van der Waals surface area contributed by atoms with Gasteiger partial charge in [-0.2, -0.15) is 0 Å². The zero-order chi connectivity index (χ0) is 25.1. The van der Waals surface area contributed by atoms with Crippen LogP contribution in [0.25, 0.3) is 0 Å². The second kappa shape index (κ2) is 13.1. The molecule has 1 aromatic rings. The summed E-state index contributed by atoms with van der Waals surface area (Å²) in [5.41, 5.74) is 0.147. The molecular formula is C23H26N4O6S. The minimum Gasteiger partial charge on any atom is -0.456 e. The lowest BCUT2D eigenvalue weighted by Crippen LogP contribution is -2.45. The summed E-state index contributed by atoms with van der Waals surface area (Å²) in [5.74, 6) is -2.21. The van der Waals surface area contributed by atoms with E-state index in [0.29, 0.717) is 17.9 Å². The zero-order valence-corrected chi connectivity index (χ0v) is 19.5. The van der Waals surface area contributed by atoms with E-state index in [-0.39, 0.29) is 29.5 Å². The fraction of sp³-hybridized carbons (Fsp3) is 0.304. The molecule has 1 aromatic heterocycles. The molecular weight excluding hydrogens is 460 g/mol. The third-order valence-corrected chi connectivity index (χ3v) is 5.26. The summed E-state index contributed by atoms with van der Waals surface area (Å²) in [4.78, 5) is 65.1. The number of thioether (sulfide) groups is 1. The van der Waals surface area contributed by atoms with Gasteiger partial charge in [-0.25, -0.2) is 9.78 Å². The van der Waals surface area contributed by atoms with Crippen LogP contribution in [0.15, 0.2) is 55.3 Å². The van der Waals surface area contributed by atoms with Gasteiger partial charge in [0.2, 0.25) is 5.91 Å². The van der Waals surface area contributed by atoms with Gasteiger partial charge in [0.05, 0.1) is 24.4 Å². The summed E-state index contributed by atoms with van der Waals surface area (Å²) in [6, 6.07) is 3.42. The van der Waals surface area contributed by atoms with E-state index in [1.165, 1.54) is 13.0 Å². The first-order chi connectivity index (χ1) is 16.2. The first-order valence-electron chi connectivity index (χ1n) is 10.4. The van der Waals surface area contributed by atoms with Crippen LogP contribution in [-0.4, -0.2) is 51.7 Å². The predicted molar refractivity (Wildman–Crippen MR) is 126 cm³/mol. The number of hydrogen-bond acceptors (Lipinski definition) is 8. The highest BCUT2D eigenvalue weighted by atomic mass is 32.2. The lowest BCUT2D eigenvalue weighted by Gasteiger charge is -2.20. The summed E-state index contributed by atoms with van der Waals surface area (Å²) >= 11 is 1.16. The average molecular weight is 487 g/mol. The maximum Gasteiger partial charge on any atom is 0.333 e. The van der Waals surface area contributed by atoms with E-state index in [0.717, 1.165) is 17.8 Å². The summed E-state index contributed by atoms with van der Waals surface area (Å²) in [6.45, 7) is 8.56. The van der Waals surface area contributed by atoms with Gasteiger partial charge in [-0.05, 0) is 24.6 Å². The van der Waals surface area contributed by atoms with Gasteiger partial charge in [0, 0.05) is 12.7 Å². The molecule has 0 radical (unpaired) electrons. The quantitative estimate of drug-likeness (QED) is 0.243. The van der Waals surface area contributed by atoms with Gasteiger partial charge in [0.1, 0.15) is 17.8 Å². The van der Waals surface area contributed by atoms with Crippen LogP contribution < -0.4 is 16.0 Å². The topological polar surface area (TPSA) is 144 Å². The fourth-order valence-electron chi connectivity index (χ4n) is 2.74. The number of nitrogens with zero attached hydrogens (tertiary/aromatic N) is 1. The van der Waals surface area contributed by atoms with Crippen LogP contribution in [0.2, 0.25) is 0 Å². The lowest BCUT2D eigenvalue weighted by molar-refractivity contribution is -0.150. The Morgan fingerprint density at radius 1 is 1.26 bits per heavy atom. The third kappa shape index (κ3) is 8.66. The summed E-state index contributed by atoms with van der Waals surface area (Å²) in [5, 5.41) is 7.36. The number of carbonyl (C=O) groups excluding carboxylic acids is 5. The van der Waals surface area contributed by atoms with E-state index < -0.39 is 35.8 Å². The van der Waals surface area contributed by atoms with Crippen molar-refractivity contribution in [3.05, 3.63) is 66.7 Å². The average Bonchev–Trinajstić information content (AvgIpc) is 2.79. The van der Waals surface area contributed by atoms with Crippen LogP contribution in [-0.2, 0) is 30.5 Å². The van der Waals surface area contributed by atoms with Crippen molar-refractivity contribution in [1.29, 1.82) is 0 Å². The molecule has 1 aliphatic rings. The number of nitrogens with one attached hydrogen (secondary N) is 3. The normalized spacial score (nSPS) is 20.2. The van der Waals surface area contributed by atoms with Gasteiger partial charge in [0.25, 0.3) is 11.8 Å². The third-order valence-electron chi connectivity index (χ3n) is 4.42. The van der Waals surface area contributed by atoms with E-state index in [2.05, 4.69) is 34.1 Å². The number of hydrogen-bond donors (Lipinski definition) is 3. The highest BCUT2D eigenvalue weighted by Crippen LogP contribution is 2.09. The molecule has 10 nitrogen and oxygen atoms in total. The van der Waals surface area contributed by atoms with Gasteiger partial charge < -0.3 is 20.7 Å². The molecule has 2 bridgehead atoms. The molecule has 0 fully saturated rings. The van der Waals surface area contributed by atoms with Crippen LogP contribution in [0.1, 0.15) is 35.9 Å². The SMILES string of the molecule is C=C[C@@H]1NC(=O)C(=C)NC(=O)c2cccc(n2)CNC(=O)C[C@@H](/C=C/CCSC(C)=O)OC1=O. The molecule has 2 atom stereocenters. The minimum absolute atomic E-state index is 0.0102. The number of allylic oxidation sites excluding steroid dienone is 1. The van der Waals surface area contributed by atoms with Crippen molar-refractivity contribution in [2.75, 3.05) is 5.75 Å². The molecule has 1 aliphatic heterocycles. The second-order valence-corrected chi connectivity index (χ2v) is 8.42. The standard InChI is InChI=1S/C23H26N4O6S/c1-4-18-23(32)33-17(9-5-6-11-34-15(3)28)12-20(29)24-13-16-8-7-10-19(26-16)22(31)25-14(2)21(30)27-18/h4-5,7-10,17-18H,1-2,6,11-13H2,3H3,(H,24,29)(H,25,31)(H,27,30)/b9-5+/t17-,18+/m1/s1. The van der Waals surface area contributed by atoms with E-state index in [9.17, 15) is 24.0 Å². The molecule has 0 spiro atoms.